The number of halogens is 3. The fourth-order valence-electron chi connectivity index (χ4n) is 2.97. The summed E-state index contributed by atoms with van der Waals surface area (Å²) in [5, 5.41) is 10.0. The summed E-state index contributed by atoms with van der Waals surface area (Å²) < 4.78 is 10.1. The summed E-state index contributed by atoms with van der Waals surface area (Å²) >= 11 is 17.8. The van der Waals surface area contributed by atoms with Gasteiger partial charge < -0.3 is 14.6 Å². The van der Waals surface area contributed by atoms with Gasteiger partial charge in [0, 0.05) is 10.6 Å². The molecule has 3 aromatic rings. The van der Waals surface area contributed by atoms with Gasteiger partial charge in [0.2, 0.25) is 12.2 Å². The molecule has 0 bridgehead atoms. The molecule has 0 saturated carbocycles. The van der Waals surface area contributed by atoms with Crippen molar-refractivity contribution in [2.24, 2.45) is 0 Å². The molecule has 0 spiro atoms. The van der Waals surface area contributed by atoms with Gasteiger partial charge in [-0.2, -0.15) is 0 Å². The van der Waals surface area contributed by atoms with E-state index in [9.17, 15) is 29.1 Å². The number of carbonyl (C=O) groups excluding carboxylic acids is 4. The zero-order chi connectivity index (χ0) is 27.8. The molecule has 0 aliphatic rings. The molecule has 0 fully saturated rings. The number of hydrazine groups is 1. The quantitative estimate of drug-likeness (QED) is 0.268. The highest BCUT2D eigenvalue weighted by Crippen LogP contribution is 2.21. The number of rotatable bonds is 8. The number of aliphatic carboxylic acids is 1. The first-order valence-electron chi connectivity index (χ1n) is 10.6. The van der Waals surface area contributed by atoms with Gasteiger partial charge in [0.25, 0.3) is 11.8 Å². The van der Waals surface area contributed by atoms with Crippen LogP contribution in [-0.2, 0) is 19.1 Å². The van der Waals surface area contributed by atoms with Crippen LogP contribution >= 0.6 is 34.8 Å². The van der Waals surface area contributed by atoms with Crippen molar-refractivity contribution < 1.29 is 38.6 Å². The molecule has 2 atom stereocenters. The van der Waals surface area contributed by atoms with Crippen LogP contribution in [0.1, 0.15) is 31.1 Å². The van der Waals surface area contributed by atoms with E-state index in [-0.39, 0.29) is 26.7 Å². The summed E-state index contributed by atoms with van der Waals surface area (Å²) in [4.78, 5) is 62.8. The average molecular weight is 580 g/mol. The van der Waals surface area contributed by atoms with Crippen LogP contribution in [0.25, 0.3) is 0 Å². The number of carboxylic acids is 1. The van der Waals surface area contributed by atoms with Gasteiger partial charge in [0.15, 0.2) is 0 Å². The van der Waals surface area contributed by atoms with E-state index in [1.165, 1.54) is 72.8 Å². The van der Waals surface area contributed by atoms with E-state index < -0.39 is 41.9 Å². The van der Waals surface area contributed by atoms with Gasteiger partial charge in [-0.3, -0.25) is 20.4 Å². The summed E-state index contributed by atoms with van der Waals surface area (Å²) in [6.07, 6.45) is -4.62. The molecule has 0 saturated heterocycles. The van der Waals surface area contributed by atoms with Crippen LogP contribution in [0, 0.1) is 0 Å². The SMILES string of the molecule is O=C(NNC(=O)[C@H](OC(=O)c1ccccc1Cl)[C@@H](OC(=O)c1ccccc1Cl)C(=O)O)c1ccc(Cl)cc1. The van der Waals surface area contributed by atoms with Crippen molar-refractivity contribution in [2.75, 3.05) is 0 Å². The number of hydrogen-bond acceptors (Lipinski definition) is 7. The fourth-order valence-corrected chi connectivity index (χ4v) is 3.52. The molecule has 0 unspecified atom stereocenters. The van der Waals surface area contributed by atoms with Gasteiger partial charge in [0.05, 0.1) is 21.2 Å². The maximum absolute atomic E-state index is 13.0. The Morgan fingerprint density at radius 3 is 1.61 bits per heavy atom. The number of carboxylic acid groups (broad SMARTS) is 1. The zero-order valence-corrected chi connectivity index (χ0v) is 21.3. The number of carbonyl (C=O) groups is 5. The van der Waals surface area contributed by atoms with Crippen molar-refractivity contribution in [3.05, 3.63) is 105 Å². The Kier molecular flexibility index (Phi) is 9.66. The smallest absolute Gasteiger partial charge is 0.349 e. The predicted octanol–water partition coefficient (Wildman–Crippen LogP) is 3.94. The fraction of sp³-hybridized carbons (Fsp3) is 0.0800. The van der Waals surface area contributed by atoms with Crippen molar-refractivity contribution in [3.63, 3.8) is 0 Å². The Bertz CT molecular complexity index is 1380. The zero-order valence-electron chi connectivity index (χ0n) is 19.0. The molecule has 0 aliphatic heterocycles. The summed E-state index contributed by atoms with van der Waals surface area (Å²) in [5.41, 5.74) is 3.72. The lowest BCUT2D eigenvalue weighted by molar-refractivity contribution is -0.159. The van der Waals surface area contributed by atoms with Crippen molar-refractivity contribution in [2.45, 2.75) is 12.2 Å². The molecule has 0 aromatic heterocycles. The molecule has 38 heavy (non-hydrogen) atoms. The van der Waals surface area contributed by atoms with Gasteiger partial charge in [-0.1, -0.05) is 59.1 Å². The van der Waals surface area contributed by atoms with Crippen molar-refractivity contribution >= 4 is 64.5 Å². The topological polar surface area (TPSA) is 148 Å². The van der Waals surface area contributed by atoms with Gasteiger partial charge in [-0.05, 0) is 48.5 Å². The second kappa shape index (κ2) is 12.9. The predicted molar refractivity (Wildman–Crippen MR) is 136 cm³/mol. The highest BCUT2D eigenvalue weighted by molar-refractivity contribution is 6.34. The lowest BCUT2D eigenvalue weighted by Gasteiger charge is -2.24. The third-order valence-electron chi connectivity index (χ3n) is 4.84. The van der Waals surface area contributed by atoms with Crippen molar-refractivity contribution in [3.8, 4) is 0 Å². The molecule has 0 heterocycles. The molecule has 3 rings (SSSR count). The Hall–Kier alpha value is -4.12. The Morgan fingerprint density at radius 2 is 1.13 bits per heavy atom. The van der Waals surface area contributed by atoms with Gasteiger partial charge >= 0.3 is 17.9 Å². The Morgan fingerprint density at radius 1 is 0.658 bits per heavy atom. The summed E-state index contributed by atoms with van der Waals surface area (Å²) in [5.74, 6) is -6.36. The molecule has 0 aliphatic carbocycles. The maximum Gasteiger partial charge on any atom is 0.349 e. The normalized spacial score (nSPS) is 12.0. The maximum atomic E-state index is 13.0. The second-order valence-corrected chi connectivity index (χ2v) is 8.65. The highest BCUT2D eigenvalue weighted by atomic mass is 35.5. The lowest BCUT2D eigenvalue weighted by atomic mass is 10.1. The summed E-state index contributed by atoms with van der Waals surface area (Å²) in [6, 6.07) is 16.8. The largest absolute Gasteiger partial charge is 0.478 e. The minimum Gasteiger partial charge on any atom is -0.478 e. The molecule has 196 valence electrons. The van der Waals surface area contributed by atoms with E-state index >= 15 is 0 Å². The summed E-state index contributed by atoms with van der Waals surface area (Å²) in [7, 11) is 0. The molecule has 3 N–H and O–H groups in total. The number of amides is 2. The van der Waals surface area contributed by atoms with E-state index in [4.69, 9.17) is 44.3 Å². The first kappa shape index (κ1) is 28.5. The van der Waals surface area contributed by atoms with Crippen LogP contribution in [0.5, 0.6) is 0 Å². The van der Waals surface area contributed by atoms with Crippen LogP contribution < -0.4 is 10.9 Å². The van der Waals surface area contributed by atoms with E-state index in [1.54, 1.807) is 0 Å². The van der Waals surface area contributed by atoms with E-state index in [1.807, 2.05) is 5.43 Å². The monoisotopic (exact) mass is 578 g/mol. The number of ether oxygens (including phenoxy) is 2. The third-order valence-corrected chi connectivity index (χ3v) is 5.75. The van der Waals surface area contributed by atoms with E-state index in [0.717, 1.165) is 0 Å². The minimum atomic E-state index is -2.35. The molecule has 3 aromatic carbocycles. The molecular weight excluding hydrogens is 563 g/mol. The summed E-state index contributed by atoms with van der Waals surface area (Å²) in [6.45, 7) is 0. The van der Waals surface area contributed by atoms with Crippen molar-refractivity contribution in [1.29, 1.82) is 0 Å². The molecular formula is C25H17Cl3N2O8. The molecule has 13 heteroatoms. The second-order valence-electron chi connectivity index (χ2n) is 7.40. The molecule has 0 radical (unpaired) electrons. The number of esters is 2. The van der Waals surface area contributed by atoms with Crippen LogP contribution in [0.4, 0.5) is 0 Å². The van der Waals surface area contributed by atoms with E-state index in [0.29, 0.717) is 5.02 Å². The molecule has 10 nitrogen and oxygen atoms in total. The van der Waals surface area contributed by atoms with Crippen molar-refractivity contribution in [1.82, 2.24) is 10.9 Å². The Balaban J connectivity index is 1.87. The van der Waals surface area contributed by atoms with Crippen LogP contribution in [0.15, 0.2) is 72.8 Å². The average Bonchev–Trinajstić information content (AvgIpc) is 2.89. The van der Waals surface area contributed by atoms with Gasteiger partial charge in [0.1, 0.15) is 0 Å². The van der Waals surface area contributed by atoms with Crippen LogP contribution in [0.3, 0.4) is 0 Å². The molecule has 2 amide bonds. The van der Waals surface area contributed by atoms with Crippen LogP contribution in [0.2, 0.25) is 15.1 Å². The van der Waals surface area contributed by atoms with Gasteiger partial charge in [-0.25, -0.2) is 14.4 Å². The van der Waals surface area contributed by atoms with E-state index in [2.05, 4.69) is 5.43 Å². The number of hydrogen-bond donors (Lipinski definition) is 3. The van der Waals surface area contributed by atoms with Gasteiger partial charge in [-0.15, -0.1) is 0 Å². The Labute approximate surface area is 230 Å². The number of benzene rings is 3. The lowest BCUT2D eigenvalue weighted by Crippen LogP contribution is -2.54. The third kappa shape index (κ3) is 7.22. The minimum absolute atomic E-state index is 0.0485. The van der Waals surface area contributed by atoms with Crippen LogP contribution in [-0.4, -0.2) is 47.0 Å². The number of nitrogens with one attached hydrogen (secondary N) is 2. The first-order chi connectivity index (χ1) is 18.1. The highest BCUT2D eigenvalue weighted by Gasteiger charge is 2.41. The first-order valence-corrected chi connectivity index (χ1v) is 11.7. The standard InChI is InChI=1S/C25H17Cl3N2O8/c26-14-11-9-13(10-12-14)21(31)29-30-22(32)19(37-24(35)15-5-1-3-7-17(15)27)20(23(33)34)38-25(36)16-6-2-4-8-18(16)28/h1-12,19-20H,(H,29,31)(H,30,32)(H,33,34)/t19-,20-/m1/s1.